The molecule has 3 rings (SSSR count). The van der Waals surface area contributed by atoms with Crippen LogP contribution in [0.15, 0.2) is 15.1 Å². The highest BCUT2D eigenvalue weighted by molar-refractivity contribution is 5.76. The smallest absolute Gasteiger partial charge is 0.227 e. The minimum atomic E-state index is 0.138. The van der Waals surface area contributed by atoms with Crippen molar-refractivity contribution in [1.29, 1.82) is 0 Å². The average molecular weight is 347 g/mol. The van der Waals surface area contributed by atoms with Gasteiger partial charge in [-0.2, -0.15) is 4.98 Å². The quantitative estimate of drug-likeness (QED) is 0.786. The third-order valence-electron chi connectivity index (χ3n) is 4.33. The second kappa shape index (κ2) is 7.77. The second-order valence-corrected chi connectivity index (χ2v) is 6.79. The summed E-state index contributed by atoms with van der Waals surface area (Å²) in [6.07, 6.45) is 0.900. The Kier molecular flexibility index (Phi) is 5.47. The largest absolute Gasteiger partial charge is 0.360 e. The van der Waals surface area contributed by atoms with Crippen LogP contribution >= 0.6 is 0 Å². The molecule has 25 heavy (non-hydrogen) atoms. The molecule has 0 N–H and O–H groups in total. The molecule has 3 heterocycles. The fourth-order valence-electron chi connectivity index (χ4n) is 2.84. The standard InChI is InChI=1S/C17H25N5O3/c1-12(2)17-18-15(25-20-17)4-5-16(23)22-8-6-21(7-9-22)11-14-10-13(3)19-24-14/h10,12H,4-9,11H2,1-3H3. The lowest BCUT2D eigenvalue weighted by Gasteiger charge is -2.34. The number of piperazine rings is 1. The molecule has 0 unspecified atom stereocenters. The predicted molar refractivity (Wildman–Crippen MR) is 89.8 cm³/mol. The molecule has 8 nitrogen and oxygen atoms in total. The SMILES string of the molecule is Cc1cc(CN2CCN(C(=O)CCc3nc(C(C)C)no3)CC2)on1. The first kappa shape index (κ1) is 17.6. The molecular weight excluding hydrogens is 322 g/mol. The van der Waals surface area contributed by atoms with Crippen LogP contribution in [0.5, 0.6) is 0 Å². The molecule has 0 saturated carbocycles. The zero-order valence-electron chi connectivity index (χ0n) is 15.1. The van der Waals surface area contributed by atoms with E-state index in [1.54, 1.807) is 0 Å². The molecule has 0 spiro atoms. The first-order valence-electron chi connectivity index (χ1n) is 8.76. The number of rotatable bonds is 6. The third-order valence-corrected chi connectivity index (χ3v) is 4.33. The highest BCUT2D eigenvalue weighted by Crippen LogP contribution is 2.13. The van der Waals surface area contributed by atoms with Crippen LogP contribution in [0, 0.1) is 6.92 Å². The zero-order valence-corrected chi connectivity index (χ0v) is 15.1. The van der Waals surface area contributed by atoms with E-state index in [2.05, 4.69) is 20.2 Å². The van der Waals surface area contributed by atoms with E-state index >= 15 is 0 Å². The van der Waals surface area contributed by atoms with Crippen LogP contribution in [0.25, 0.3) is 0 Å². The summed E-state index contributed by atoms with van der Waals surface area (Å²) in [5, 5.41) is 7.83. The normalized spacial score (nSPS) is 15.9. The Bertz CT molecular complexity index is 701. The van der Waals surface area contributed by atoms with Crippen molar-refractivity contribution in [2.75, 3.05) is 26.2 Å². The Balaban J connectivity index is 1.41. The summed E-state index contributed by atoms with van der Waals surface area (Å²) in [4.78, 5) is 20.9. The van der Waals surface area contributed by atoms with Gasteiger partial charge in [0, 0.05) is 51.0 Å². The minimum absolute atomic E-state index is 0.138. The Morgan fingerprint density at radius 1 is 1.20 bits per heavy atom. The van der Waals surface area contributed by atoms with Gasteiger partial charge in [-0.3, -0.25) is 9.69 Å². The highest BCUT2D eigenvalue weighted by atomic mass is 16.5. The fraction of sp³-hybridized carbons (Fsp3) is 0.647. The van der Waals surface area contributed by atoms with Crippen LogP contribution in [-0.2, 0) is 17.8 Å². The second-order valence-electron chi connectivity index (χ2n) is 6.79. The van der Waals surface area contributed by atoms with Crippen molar-refractivity contribution in [2.45, 2.75) is 46.1 Å². The maximum Gasteiger partial charge on any atom is 0.227 e. The summed E-state index contributed by atoms with van der Waals surface area (Å²) in [6.45, 7) is 9.81. The molecule has 0 aromatic carbocycles. The van der Waals surface area contributed by atoms with Crippen molar-refractivity contribution in [1.82, 2.24) is 25.1 Å². The Morgan fingerprint density at radius 2 is 1.96 bits per heavy atom. The molecular formula is C17H25N5O3. The lowest BCUT2D eigenvalue weighted by Crippen LogP contribution is -2.48. The molecule has 0 aliphatic carbocycles. The molecule has 0 bridgehead atoms. The van der Waals surface area contributed by atoms with Gasteiger partial charge in [0.1, 0.15) is 0 Å². The molecule has 8 heteroatoms. The highest BCUT2D eigenvalue weighted by Gasteiger charge is 2.22. The summed E-state index contributed by atoms with van der Waals surface area (Å²) < 4.78 is 10.4. The molecule has 1 aliphatic rings. The maximum absolute atomic E-state index is 12.4. The number of carbonyl (C=O) groups excluding carboxylic acids is 1. The topological polar surface area (TPSA) is 88.5 Å². The van der Waals surface area contributed by atoms with E-state index in [4.69, 9.17) is 9.05 Å². The van der Waals surface area contributed by atoms with Crippen LogP contribution in [0.2, 0.25) is 0 Å². The molecule has 1 saturated heterocycles. The number of carbonyl (C=O) groups is 1. The minimum Gasteiger partial charge on any atom is -0.360 e. The lowest BCUT2D eigenvalue weighted by atomic mass is 10.2. The van der Waals surface area contributed by atoms with E-state index < -0.39 is 0 Å². The third kappa shape index (κ3) is 4.66. The molecule has 0 radical (unpaired) electrons. The van der Waals surface area contributed by atoms with Gasteiger partial charge in [-0.15, -0.1) is 0 Å². The van der Waals surface area contributed by atoms with E-state index in [1.165, 1.54) is 0 Å². The Labute approximate surface area is 147 Å². The number of amides is 1. The van der Waals surface area contributed by atoms with Crippen molar-refractivity contribution in [3.63, 3.8) is 0 Å². The van der Waals surface area contributed by atoms with Gasteiger partial charge in [-0.1, -0.05) is 24.2 Å². The van der Waals surface area contributed by atoms with Crippen LogP contribution in [0.3, 0.4) is 0 Å². The fourth-order valence-corrected chi connectivity index (χ4v) is 2.84. The van der Waals surface area contributed by atoms with Crippen molar-refractivity contribution in [3.8, 4) is 0 Å². The van der Waals surface area contributed by atoms with E-state index in [0.29, 0.717) is 24.6 Å². The Morgan fingerprint density at radius 3 is 2.56 bits per heavy atom. The molecule has 0 atom stereocenters. The van der Waals surface area contributed by atoms with Gasteiger partial charge in [-0.05, 0) is 6.92 Å². The van der Waals surface area contributed by atoms with E-state index in [1.807, 2.05) is 31.7 Å². The number of aryl methyl sites for hydroxylation is 2. The summed E-state index contributed by atoms with van der Waals surface area (Å²) in [5.41, 5.74) is 0.894. The van der Waals surface area contributed by atoms with Crippen molar-refractivity contribution < 1.29 is 13.8 Å². The van der Waals surface area contributed by atoms with E-state index in [9.17, 15) is 4.79 Å². The first-order valence-corrected chi connectivity index (χ1v) is 8.76. The van der Waals surface area contributed by atoms with Gasteiger partial charge in [-0.25, -0.2) is 0 Å². The number of hydrogen-bond donors (Lipinski definition) is 0. The van der Waals surface area contributed by atoms with Crippen LogP contribution < -0.4 is 0 Å². The van der Waals surface area contributed by atoms with Crippen molar-refractivity contribution in [2.24, 2.45) is 0 Å². The van der Waals surface area contributed by atoms with Gasteiger partial charge < -0.3 is 13.9 Å². The van der Waals surface area contributed by atoms with Gasteiger partial charge in [0.2, 0.25) is 11.8 Å². The summed E-state index contributed by atoms with van der Waals surface area (Å²) in [7, 11) is 0. The van der Waals surface area contributed by atoms with Crippen LogP contribution in [0.4, 0.5) is 0 Å². The van der Waals surface area contributed by atoms with Gasteiger partial charge in [0.05, 0.1) is 12.2 Å². The summed E-state index contributed by atoms with van der Waals surface area (Å²) in [6, 6.07) is 1.95. The average Bonchev–Trinajstić information content (AvgIpc) is 3.22. The number of nitrogens with zero attached hydrogens (tertiary/aromatic N) is 5. The molecule has 2 aromatic heterocycles. The lowest BCUT2D eigenvalue weighted by molar-refractivity contribution is -0.133. The summed E-state index contributed by atoms with van der Waals surface area (Å²) in [5.74, 6) is 2.47. The molecule has 1 amide bonds. The molecule has 1 fully saturated rings. The van der Waals surface area contributed by atoms with Crippen molar-refractivity contribution in [3.05, 3.63) is 29.2 Å². The van der Waals surface area contributed by atoms with Crippen LogP contribution in [0.1, 0.15) is 49.4 Å². The molecule has 2 aromatic rings. The zero-order chi connectivity index (χ0) is 17.8. The monoisotopic (exact) mass is 347 g/mol. The van der Waals surface area contributed by atoms with Crippen molar-refractivity contribution >= 4 is 5.91 Å². The van der Waals surface area contributed by atoms with Crippen LogP contribution in [-0.4, -0.2) is 57.2 Å². The number of hydrogen-bond acceptors (Lipinski definition) is 7. The Hall–Kier alpha value is -2.22. The van der Waals surface area contributed by atoms with Gasteiger partial charge in [0.15, 0.2) is 11.6 Å². The summed E-state index contributed by atoms with van der Waals surface area (Å²) >= 11 is 0. The molecule has 1 aliphatic heterocycles. The van der Waals surface area contributed by atoms with Gasteiger partial charge >= 0.3 is 0 Å². The first-order chi connectivity index (χ1) is 12.0. The van der Waals surface area contributed by atoms with E-state index in [-0.39, 0.29) is 11.8 Å². The maximum atomic E-state index is 12.4. The van der Waals surface area contributed by atoms with E-state index in [0.717, 1.165) is 44.2 Å². The number of aromatic nitrogens is 3. The molecule has 136 valence electrons. The van der Waals surface area contributed by atoms with Gasteiger partial charge in [0.25, 0.3) is 0 Å². The predicted octanol–water partition coefficient (Wildman–Crippen LogP) is 1.77.